The van der Waals surface area contributed by atoms with Crippen LogP contribution < -0.4 is 5.32 Å². The van der Waals surface area contributed by atoms with Crippen LogP contribution in [-0.4, -0.2) is 25.8 Å². The zero-order chi connectivity index (χ0) is 10.3. The number of nitrogens with one attached hydrogen (secondary N) is 1. The van der Waals surface area contributed by atoms with Crippen molar-refractivity contribution < 1.29 is 4.74 Å². The van der Waals surface area contributed by atoms with Crippen LogP contribution in [0.4, 0.5) is 0 Å². The fourth-order valence-corrected chi connectivity index (χ4v) is 0.900. The molecule has 0 amide bonds. The Morgan fingerprint density at radius 3 is 2.31 bits per heavy atom. The maximum absolute atomic E-state index is 5.38. The molecule has 1 atom stereocenters. The minimum atomic E-state index is 0.338. The highest BCUT2D eigenvalue weighted by Crippen LogP contribution is 2.17. The van der Waals surface area contributed by atoms with Gasteiger partial charge in [-0.15, -0.1) is 0 Å². The molecule has 0 aromatic rings. The summed E-state index contributed by atoms with van der Waals surface area (Å²) in [5, 5.41) is 3.46. The van der Waals surface area contributed by atoms with Gasteiger partial charge in [0.1, 0.15) is 0 Å². The minimum absolute atomic E-state index is 0.338. The number of rotatable bonds is 6. The molecule has 0 aliphatic heterocycles. The number of hydrogen-bond acceptors (Lipinski definition) is 2. The molecule has 2 nitrogen and oxygen atoms in total. The summed E-state index contributed by atoms with van der Waals surface area (Å²) in [6, 6.07) is 0.540. The lowest BCUT2D eigenvalue weighted by Gasteiger charge is -2.28. The van der Waals surface area contributed by atoms with Crippen molar-refractivity contribution in [3.63, 3.8) is 0 Å². The van der Waals surface area contributed by atoms with E-state index in [0.29, 0.717) is 11.5 Å². The molecular weight excluding hydrogens is 162 g/mol. The molecule has 1 N–H and O–H groups in total. The van der Waals surface area contributed by atoms with Crippen molar-refractivity contribution in [2.24, 2.45) is 5.41 Å². The fourth-order valence-electron chi connectivity index (χ4n) is 0.900. The normalized spacial score (nSPS) is 14.5. The Balaban J connectivity index is 3.32. The van der Waals surface area contributed by atoms with Crippen LogP contribution in [0.1, 0.15) is 41.0 Å². The quantitative estimate of drug-likeness (QED) is 0.645. The molecule has 0 rings (SSSR count). The highest BCUT2D eigenvalue weighted by atomic mass is 16.5. The molecule has 0 bridgehead atoms. The maximum atomic E-state index is 5.38. The second-order valence-corrected chi connectivity index (χ2v) is 4.65. The van der Waals surface area contributed by atoms with Gasteiger partial charge in [-0.1, -0.05) is 27.7 Å². The Kier molecular flexibility index (Phi) is 6.35. The van der Waals surface area contributed by atoms with Gasteiger partial charge in [0.2, 0.25) is 0 Å². The van der Waals surface area contributed by atoms with Gasteiger partial charge in [-0.2, -0.15) is 0 Å². The monoisotopic (exact) mass is 187 g/mol. The Bertz CT molecular complexity index is 118. The highest BCUT2D eigenvalue weighted by molar-refractivity contribution is 4.75. The molecule has 13 heavy (non-hydrogen) atoms. The predicted octanol–water partition coefficient (Wildman–Crippen LogP) is 2.44. The van der Waals surface area contributed by atoms with Crippen molar-refractivity contribution in [2.45, 2.75) is 47.1 Å². The molecule has 0 fully saturated rings. The Morgan fingerprint density at radius 2 is 1.85 bits per heavy atom. The molecule has 1 unspecified atom stereocenters. The van der Waals surface area contributed by atoms with Crippen molar-refractivity contribution in [3.8, 4) is 0 Å². The number of hydrogen-bond donors (Lipinski definition) is 1. The largest absolute Gasteiger partial charge is 0.380 e. The summed E-state index contributed by atoms with van der Waals surface area (Å²) in [5.41, 5.74) is 0.338. The lowest BCUT2D eigenvalue weighted by molar-refractivity contribution is 0.129. The highest BCUT2D eigenvalue weighted by Gasteiger charge is 2.18. The fraction of sp³-hybridized carbons (Fsp3) is 1.00. The molecule has 0 saturated heterocycles. The molecule has 0 aliphatic carbocycles. The number of ether oxygens (including phenoxy) is 1. The van der Waals surface area contributed by atoms with E-state index in [1.165, 1.54) is 0 Å². The van der Waals surface area contributed by atoms with E-state index in [9.17, 15) is 0 Å². The maximum Gasteiger partial charge on any atom is 0.0590 e. The molecular formula is C11H25NO. The van der Waals surface area contributed by atoms with Crippen molar-refractivity contribution >= 4 is 0 Å². The molecule has 0 saturated carbocycles. The Labute approximate surface area is 83.1 Å². The van der Waals surface area contributed by atoms with Gasteiger partial charge < -0.3 is 10.1 Å². The van der Waals surface area contributed by atoms with E-state index in [1.807, 2.05) is 0 Å². The predicted molar refractivity (Wildman–Crippen MR) is 58.0 cm³/mol. The van der Waals surface area contributed by atoms with Gasteiger partial charge in [-0.3, -0.25) is 0 Å². The van der Waals surface area contributed by atoms with E-state index < -0.39 is 0 Å². The molecule has 0 spiro atoms. The van der Waals surface area contributed by atoms with E-state index >= 15 is 0 Å². The van der Waals surface area contributed by atoms with Crippen molar-refractivity contribution in [3.05, 3.63) is 0 Å². The van der Waals surface area contributed by atoms with Gasteiger partial charge in [0.15, 0.2) is 0 Å². The first-order chi connectivity index (χ1) is 5.98. The Morgan fingerprint density at radius 1 is 1.23 bits per heavy atom. The standard InChI is InChI=1S/C11H25NO/c1-6-8-13-9-7-12-10(2)11(3,4)5/h10,12H,6-9H2,1-5H3. The summed E-state index contributed by atoms with van der Waals surface area (Å²) >= 11 is 0. The van der Waals surface area contributed by atoms with Crippen LogP contribution in [0.3, 0.4) is 0 Å². The lowest BCUT2D eigenvalue weighted by atomic mass is 9.88. The van der Waals surface area contributed by atoms with Gasteiger partial charge in [0.05, 0.1) is 6.61 Å². The smallest absolute Gasteiger partial charge is 0.0590 e. The average Bonchev–Trinajstić information content (AvgIpc) is 2.02. The lowest BCUT2D eigenvalue weighted by Crippen LogP contribution is -2.39. The van der Waals surface area contributed by atoms with E-state index in [0.717, 1.165) is 26.2 Å². The molecule has 0 radical (unpaired) electrons. The van der Waals surface area contributed by atoms with Crippen LogP contribution in [-0.2, 0) is 4.74 Å². The molecule has 0 heterocycles. The van der Waals surface area contributed by atoms with Crippen LogP contribution in [0.2, 0.25) is 0 Å². The van der Waals surface area contributed by atoms with Crippen molar-refractivity contribution in [1.82, 2.24) is 5.32 Å². The zero-order valence-electron chi connectivity index (χ0n) is 9.81. The van der Waals surface area contributed by atoms with Crippen LogP contribution in [0.5, 0.6) is 0 Å². The summed E-state index contributed by atoms with van der Waals surface area (Å²) in [4.78, 5) is 0. The molecule has 2 heteroatoms. The molecule has 0 aliphatic rings. The van der Waals surface area contributed by atoms with Crippen molar-refractivity contribution in [2.75, 3.05) is 19.8 Å². The second kappa shape index (κ2) is 6.39. The third-order valence-electron chi connectivity index (χ3n) is 2.34. The summed E-state index contributed by atoms with van der Waals surface area (Å²) in [5.74, 6) is 0. The molecule has 80 valence electrons. The second-order valence-electron chi connectivity index (χ2n) is 4.65. The first-order valence-electron chi connectivity index (χ1n) is 5.29. The Hall–Kier alpha value is -0.0800. The summed E-state index contributed by atoms with van der Waals surface area (Å²) in [7, 11) is 0. The third-order valence-corrected chi connectivity index (χ3v) is 2.34. The van der Waals surface area contributed by atoms with Crippen LogP contribution in [0.25, 0.3) is 0 Å². The van der Waals surface area contributed by atoms with Crippen molar-refractivity contribution in [1.29, 1.82) is 0 Å². The average molecular weight is 187 g/mol. The topological polar surface area (TPSA) is 21.3 Å². The summed E-state index contributed by atoms with van der Waals surface area (Å²) < 4.78 is 5.38. The molecule has 0 aromatic carbocycles. The first-order valence-corrected chi connectivity index (χ1v) is 5.29. The summed E-state index contributed by atoms with van der Waals surface area (Å²) in [6.45, 7) is 13.8. The van der Waals surface area contributed by atoms with Crippen LogP contribution in [0.15, 0.2) is 0 Å². The minimum Gasteiger partial charge on any atom is -0.380 e. The van der Waals surface area contributed by atoms with Crippen LogP contribution in [0, 0.1) is 5.41 Å². The van der Waals surface area contributed by atoms with E-state index in [-0.39, 0.29) is 0 Å². The van der Waals surface area contributed by atoms with Crippen LogP contribution >= 0.6 is 0 Å². The first kappa shape index (κ1) is 12.9. The van der Waals surface area contributed by atoms with E-state index in [1.54, 1.807) is 0 Å². The van der Waals surface area contributed by atoms with E-state index in [2.05, 4.69) is 39.9 Å². The van der Waals surface area contributed by atoms with Gasteiger partial charge in [0.25, 0.3) is 0 Å². The molecule has 0 aromatic heterocycles. The summed E-state index contributed by atoms with van der Waals surface area (Å²) in [6.07, 6.45) is 1.11. The van der Waals surface area contributed by atoms with Gasteiger partial charge in [0, 0.05) is 19.2 Å². The van der Waals surface area contributed by atoms with Gasteiger partial charge in [-0.05, 0) is 18.8 Å². The van der Waals surface area contributed by atoms with Gasteiger partial charge >= 0.3 is 0 Å². The van der Waals surface area contributed by atoms with E-state index in [4.69, 9.17) is 4.74 Å². The SMILES string of the molecule is CCCOCCNC(C)C(C)(C)C. The van der Waals surface area contributed by atoms with Gasteiger partial charge in [-0.25, -0.2) is 0 Å². The zero-order valence-corrected chi connectivity index (χ0v) is 9.81. The third kappa shape index (κ3) is 7.03.